The topological polar surface area (TPSA) is 37.3 Å². The van der Waals surface area contributed by atoms with E-state index in [1.54, 1.807) is 18.2 Å². The summed E-state index contributed by atoms with van der Waals surface area (Å²) in [4.78, 5) is 10.5. The number of hydrogen-bond acceptors (Lipinski definition) is 1. The Kier molecular flexibility index (Phi) is 2.66. The molecule has 58 valence electrons. The molecule has 0 aliphatic heterocycles. The molecule has 2 heteroatoms. The molecule has 0 spiro atoms. The van der Waals surface area contributed by atoms with Crippen LogP contribution in [0.3, 0.4) is 0 Å². The van der Waals surface area contributed by atoms with Crippen LogP contribution in [0.1, 0.15) is 12.8 Å². The average Bonchev–Trinajstić information content (AvgIpc) is 1.84. The summed E-state index contributed by atoms with van der Waals surface area (Å²) >= 11 is 0. The Morgan fingerprint density at radius 3 is 2.82 bits per heavy atom. The van der Waals surface area contributed by atoms with E-state index in [1.165, 1.54) is 0 Å². The van der Waals surface area contributed by atoms with Crippen LogP contribution in [0, 0.1) is 0 Å². The van der Waals surface area contributed by atoms with Gasteiger partial charge in [-0.05, 0) is 18.9 Å². The monoisotopic (exact) mass is 150 g/mol. The average molecular weight is 150 g/mol. The molecule has 1 rings (SSSR count). The summed E-state index contributed by atoms with van der Waals surface area (Å²) in [5, 5.41) is 8.60. The van der Waals surface area contributed by atoms with Gasteiger partial charge >= 0.3 is 5.97 Å². The molecule has 0 heterocycles. The van der Waals surface area contributed by atoms with Crippen LogP contribution in [0.15, 0.2) is 36.0 Å². The molecule has 0 saturated heterocycles. The fraction of sp³-hybridized carbons (Fsp3) is 0.222. The van der Waals surface area contributed by atoms with E-state index in [9.17, 15) is 4.79 Å². The van der Waals surface area contributed by atoms with Crippen LogP contribution in [0.2, 0.25) is 0 Å². The van der Waals surface area contributed by atoms with Gasteiger partial charge in [0, 0.05) is 0 Å². The molecule has 0 atom stereocenters. The minimum Gasteiger partial charge on any atom is -0.478 e. The fourth-order valence-electron chi connectivity index (χ4n) is 0.869. The van der Waals surface area contributed by atoms with E-state index in [0.29, 0.717) is 5.57 Å². The Morgan fingerprint density at radius 1 is 1.36 bits per heavy atom. The second-order valence-electron chi connectivity index (χ2n) is 2.34. The number of hydrogen-bond donors (Lipinski definition) is 1. The highest BCUT2D eigenvalue weighted by molar-refractivity contribution is 5.90. The summed E-state index contributed by atoms with van der Waals surface area (Å²) in [6.45, 7) is 0. The minimum absolute atomic E-state index is 0.348. The van der Waals surface area contributed by atoms with E-state index in [1.807, 2.05) is 12.2 Å². The third-order valence-corrected chi connectivity index (χ3v) is 1.46. The largest absolute Gasteiger partial charge is 0.478 e. The number of carbonyl (C=O) groups is 1. The third-order valence-electron chi connectivity index (χ3n) is 1.46. The lowest BCUT2D eigenvalue weighted by molar-refractivity contribution is -0.132. The molecule has 0 unspecified atom stereocenters. The third kappa shape index (κ3) is 2.42. The SMILES string of the molecule is O=C(O)C1=CC=CCCC=C1. The van der Waals surface area contributed by atoms with Gasteiger partial charge in [0.1, 0.15) is 0 Å². The normalized spacial score (nSPS) is 16.9. The van der Waals surface area contributed by atoms with E-state index >= 15 is 0 Å². The molecular weight excluding hydrogens is 140 g/mol. The van der Waals surface area contributed by atoms with Crippen LogP contribution < -0.4 is 0 Å². The van der Waals surface area contributed by atoms with E-state index in [-0.39, 0.29) is 0 Å². The number of carboxylic acids is 1. The molecular formula is C9H10O2. The van der Waals surface area contributed by atoms with Crippen LogP contribution in [0.25, 0.3) is 0 Å². The van der Waals surface area contributed by atoms with Gasteiger partial charge in [-0.3, -0.25) is 0 Å². The van der Waals surface area contributed by atoms with Crippen molar-refractivity contribution >= 4 is 5.97 Å². The number of aliphatic carboxylic acids is 1. The summed E-state index contributed by atoms with van der Waals surface area (Å²) in [6.07, 6.45) is 10.8. The lowest BCUT2D eigenvalue weighted by atomic mass is 10.1. The van der Waals surface area contributed by atoms with Crippen molar-refractivity contribution < 1.29 is 9.90 Å². The van der Waals surface area contributed by atoms with Gasteiger partial charge in [0.05, 0.1) is 5.57 Å². The van der Waals surface area contributed by atoms with Crippen LogP contribution >= 0.6 is 0 Å². The zero-order valence-corrected chi connectivity index (χ0v) is 6.16. The molecule has 11 heavy (non-hydrogen) atoms. The molecule has 0 aromatic rings. The quantitative estimate of drug-likeness (QED) is 0.619. The van der Waals surface area contributed by atoms with Gasteiger partial charge in [-0.1, -0.05) is 24.3 Å². The summed E-state index contributed by atoms with van der Waals surface area (Å²) in [7, 11) is 0. The lowest BCUT2D eigenvalue weighted by Gasteiger charge is -1.95. The van der Waals surface area contributed by atoms with Gasteiger partial charge in [-0.15, -0.1) is 0 Å². The van der Waals surface area contributed by atoms with Gasteiger partial charge in [0.2, 0.25) is 0 Å². The standard InChI is InChI=1S/C9H10O2/c10-9(11)8-6-4-2-1-3-5-7-8/h2,4-7H,1,3H2,(H,10,11). The molecule has 1 aliphatic rings. The fourth-order valence-corrected chi connectivity index (χ4v) is 0.869. The summed E-state index contributed by atoms with van der Waals surface area (Å²) < 4.78 is 0. The van der Waals surface area contributed by atoms with Crippen LogP contribution in [0.5, 0.6) is 0 Å². The Morgan fingerprint density at radius 2 is 2.09 bits per heavy atom. The Balaban J connectivity index is 2.81. The van der Waals surface area contributed by atoms with Gasteiger partial charge < -0.3 is 5.11 Å². The van der Waals surface area contributed by atoms with Crippen LogP contribution in [0.4, 0.5) is 0 Å². The molecule has 0 radical (unpaired) electrons. The van der Waals surface area contributed by atoms with Crippen molar-refractivity contribution in [2.24, 2.45) is 0 Å². The molecule has 0 bridgehead atoms. The molecule has 0 fully saturated rings. The highest BCUT2D eigenvalue weighted by Crippen LogP contribution is 2.04. The maximum Gasteiger partial charge on any atom is 0.335 e. The predicted octanol–water partition coefficient (Wildman–Crippen LogP) is 1.90. The van der Waals surface area contributed by atoms with Gasteiger partial charge in [-0.2, -0.15) is 0 Å². The number of carboxylic acid groups (broad SMARTS) is 1. The minimum atomic E-state index is -0.868. The molecule has 0 amide bonds. The van der Waals surface area contributed by atoms with Crippen molar-refractivity contribution in [1.82, 2.24) is 0 Å². The molecule has 1 aliphatic carbocycles. The van der Waals surface area contributed by atoms with Crippen LogP contribution in [-0.2, 0) is 4.79 Å². The molecule has 2 nitrogen and oxygen atoms in total. The smallest absolute Gasteiger partial charge is 0.335 e. The Bertz CT molecular complexity index is 234. The van der Waals surface area contributed by atoms with Gasteiger partial charge in [-0.25, -0.2) is 4.79 Å². The highest BCUT2D eigenvalue weighted by atomic mass is 16.4. The van der Waals surface area contributed by atoms with Crippen molar-refractivity contribution in [1.29, 1.82) is 0 Å². The van der Waals surface area contributed by atoms with E-state index < -0.39 is 5.97 Å². The first kappa shape index (κ1) is 7.79. The number of rotatable bonds is 1. The molecule has 0 saturated carbocycles. The van der Waals surface area contributed by atoms with Gasteiger partial charge in [0.15, 0.2) is 0 Å². The Hall–Kier alpha value is -1.31. The lowest BCUT2D eigenvalue weighted by Crippen LogP contribution is -1.97. The summed E-state index contributed by atoms with van der Waals surface area (Å²) in [6, 6.07) is 0. The first-order valence-electron chi connectivity index (χ1n) is 3.57. The molecule has 0 aromatic heterocycles. The summed E-state index contributed by atoms with van der Waals surface area (Å²) in [5.41, 5.74) is 0.348. The van der Waals surface area contributed by atoms with E-state index in [2.05, 4.69) is 0 Å². The second-order valence-corrected chi connectivity index (χ2v) is 2.34. The first-order chi connectivity index (χ1) is 5.30. The molecule has 1 N–H and O–H groups in total. The highest BCUT2D eigenvalue weighted by Gasteiger charge is 2.00. The maximum absolute atomic E-state index is 10.5. The second kappa shape index (κ2) is 3.76. The first-order valence-corrected chi connectivity index (χ1v) is 3.57. The zero-order valence-electron chi connectivity index (χ0n) is 6.16. The maximum atomic E-state index is 10.5. The van der Waals surface area contributed by atoms with Crippen molar-refractivity contribution in [3.05, 3.63) is 36.0 Å². The van der Waals surface area contributed by atoms with Crippen molar-refractivity contribution in [2.75, 3.05) is 0 Å². The van der Waals surface area contributed by atoms with Crippen molar-refractivity contribution in [3.63, 3.8) is 0 Å². The van der Waals surface area contributed by atoms with Crippen molar-refractivity contribution in [2.45, 2.75) is 12.8 Å². The zero-order chi connectivity index (χ0) is 8.10. The Labute approximate surface area is 65.5 Å². The van der Waals surface area contributed by atoms with Crippen molar-refractivity contribution in [3.8, 4) is 0 Å². The number of allylic oxidation sites excluding steroid dienone is 4. The molecule has 0 aromatic carbocycles. The van der Waals surface area contributed by atoms with Gasteiger partial charge in [0.25, 0.3) is 0 Å². The predicted molar refractivity (Wildman–Crippen MR) is 43.2 cm³/mol. The summed E-state index contributed by atoms with van der Waals surface area (Å²) in [5.74, 6) is -0.868. The van der Waals surface area contributed by atoms with E-state index in [0.717, 1.165) is 12.8 Å². The van der Waals surface area contributed by atoms with Crippen LogP contribution in [-0.4, -0.2) is 11.1 Å². The van der Waals surface area contributed by atoms with E-state index in [4.69, 9.17) is 5.11 Å².